The molecule has 2 atom stereocenters. The quantitative estimate of drug-likeness (QED) is 0.847. The second kappa shape index (κ2) is 5.03. The van der Waals surface area contributed by atoms with Gasteiger partial charge in [0.15, 0.2) is 0 Å². The van der Waals surface area contributed by atoms with Crippen molar-refractivity contribution in [3.05, 3.63) is 29.8 Å². The van der Waals surface area contributed by atoms with Crippen LogP contribution in [0.15, 0.2) is 29.4 Å². The third-order valence-electron chi connectivity index (χ3n) is 4.16. The minimum absolute atomic E-state index is 0.155. The third kappa shape index (κ3) is 2.48. The van der Waals surface area contributed by atoms with Crippen molar-refractivity contribution in [2.24, 2.45) is 16.9 Å². The molecule has 0 aromatic heterocycles. The number of ether oxygens (including phenoxy) is 1. The third-order valence-corrected chi connectivity index (χ3v) is 4.16. The molecule has 2 fully saturated rings. The van der Waals surface area contributed by atoms with Crippen LogP contribution in [0.1, 0.15) is 36.0 Å². The molecular weight excluding hydrogens is 240 g/mol. The summed E-state index contributed by atoms with van der Waals surface area (Å²) in [6.45, 7) is 0. The zero-order valence-corrected chi connectivity index (χ0v) is 11.1. The van der Waals surface area contributed by atoms with Gasteiger partial charge in [0.1, 0.15) is 5.75 Å². The number of fused-ring (bicyclic) bond motifs is 2. The topological polar surface area (TPSA) is 50.7 Å². The summed E-state index contributed by atoms with van der Waals surface area (Å²) in [5.41, 5.74) is 4.46. The Morgan fingerprint density at radius 2 is 2.11 bits per heavy atom. The Labute approximate surface area is 112 Å². The fourth-order valence-corrected chi connectivity index (χ4v) is 3.09. The van der Waals surface area contributed by atoms with Gasteiger partial charge in [-0.05, 0) is 61.8 Å². The van der Waals surface area contributed by atoms with Crippen LogP contribution < -0.4 is 10.2 Å². The smallest absolute Gasteiger partial charge is 0.271 e. The van der Waals surface area contributed by atoms with Crippen LogP contribution in [0.4, 0.5) is 0 Å². The molecule has 4 heteroatoms. The van der Waals surface area contributed by atoms with Gasteiger partial charge in [0.2, 0.25) is 0 Å². The minimum Gasteiger partial charge on any atom is -0.497 e. The zero-order valence-electron chi connectivity index (χ0n) is 11.1. The number of hydrogen-bond donors (Lipinski definition) is 1. The van der Waals surface area contributed by atoms with E-state index >= 15 is 0 Å². The van der Waals surface area contributed by atoms with Gasteiger partial charge in [-0.1, -0.05) is 0 Å². The Morgan fingerprint density at radius 1 is 1.32 bits per heavy atom. The number of methoxy groups -OCH3 is 1. The summed E-state index contributed by atoms with van der Waals surface area (Å²) < 4.78 is 5.06. The molecule has 1 amide bonds. The maximum atomic E-state index is 11.9. The molecule has 0 heterocycles. The van der Waals surface area contributed by atoms with Crippen LogP contribution >= 0.6 is 0 Å². The number of hydrogen-bond acceptors (Lipinski definition) is 3. The molecule has 2 unspecified atom stereocenters. The number of benzene rings is 1. The predicted molar refractivity (Wildman–Crippen MR) is 73.3 cm³/mol. The van der Waals surface area contributed by atoms with Crippen molar-refractivity contribution < 1.29 is 9.53 Å². The van der Waals surface area contributed by atoms with E-state index in [9.17, 15) is 4.79 Å². The van der Waals surface area contributed by atoms with Gasteiger partial charge in [0.25, 0.3) is 5.91 Å². The number of carbonyl (C=O) groups is 1. The minimum atomic E-state index is -0.155. The van der Waals surface area contributed by atoms with Crippen LogP contribution in [0.5, 0.6) is 5.75 Å². The number of nitrogens with zero attached hydrogens (tertiary/aromatic N) is 1. The summed E-state index contributed by atoms with van der Waals surface area (Å²) in [6.07, 6.45) is 4.89. The van der Waals surface area contributed by atoms with Crippen LogP contribution in [0, 0.1) is 11.8 Å². The van der Waals surface area contributed by atoms with Gasteiger partial charge in [-0.25, -0.2) is 5.43 Å². The molecule has 1 N–H and O–H groups in total. The van der Waals surface area contributed by atoms with E-state index in [4.69, 9.17) is 4.74 Å². The first-order chi connectivity index (χ1) is 9.26. The Bertz CT molecular complexity index is 507. The monoisotopic (exact) mass is 258 g/mol. The number of hydrazone groups is 1. The molecule has 0 spiro atoms. The first-order valence-electron chi connectivity index (χ1n) is 6.77. The van der Waals surface area contributed by atoms with Gasteiger partial charge >= 0.3 is 0 Å². The van der Waals surface area contributed by atoms with Crippen molar-refractivity contribution in [3.63, 3.8) is 0 Å². The fraction of sp³-hybridized carbons (Fsp3) is 0.467. The second-order valence-electron chi connectivity index (χ2n) is 5.35. The van der Waals surface area contributed by atoms with Gasteiger partial charge in [-0.2, -0.15) is 5.10 Å². The van der Waals surface area contributed by atoms with Gasteiger partial charge in [-0.3, -0.25) is 4.79 Å². The first-order valence-corrected chi connectivity index (χ1v) is 6.77. The maximum absolute atomic E-state index is 11.9. The summed E-state index contributed by atoms with van der Waals surface area (Å²) in [7, 11) is 1.61. The Kier molecular flexibility index (Phi) is 3.23. The molecule has 19 heavy (non-hydrogen) atoms. The normalized spacial score (nSPS) is 26.7. The molecule has 4 nitrogen and oxygen atoms in total. The van der Waals surface area contributed by atoms with E-state index in [1.165, 1.54) is 25.0 Å². The van der Waals surface area contributed by atoms with E-state index in [0.717, 1.165) is 18.1 Å². The second-order valence-corrected chi connectivity index (χ2v) is 5.35. The highest BCUT2D eigenvalue weighted by atomic mass is 16.5. The predicted octanol–water partition coefficient (Wildman–Crippen LogP) is 2.60. The maximum Gasteiger partial charge on any atom is 0.271 e. The zero-order chi connectivity index (χ0) is 13.2. The highest BCUT2D eigenvalue weighted by Gasteiger charge is 2.36. The van der Waals surface area contributed by atoms with Crippen LogP contribution in [-0.4, -0.2) is 18.7 Å². The van der Waals surface area contributed by atoms with Gasteiger partial charge < -0.3 is 4.74 Å². The molecule has 2 bridgehead atoms. The van der Waals surface area contributed by atoms with E-state index in [1.807, 2.05) is 0 Å². The fourth-order valence-electron chi connectivity index (χ4n) is 3.09. The largest absolute Gasteiger partial charge is 0.497 e. The molecule has 2 saturated carbocycles. The lowest BCUT2D eigenvalue weighted by Gasteiger charge is -2.11. The molecule has 1 aromatic rings. The van der Waals surface area contributed by atoms with E-state index in [-0.39, 0.29) is 5.91 Å². The number of rotatable bonds is 3. The van der Waals surface area contributed by atoms with Crippen molar-refractivity contribution in [2.45, 2.75) is 25.7 Å². The van der Waals surface area contributed by atoms with E-state index < -0.39 is 0 Å². The van der Waals surface area contributed by atoms with E-state index in [0.29, 0.717) is 11.5 Å². The molecule has 0 saturated heterocycles. The summed E-state index contributed by atoms with van der Waals surface area (Å²) in [5.74, 6) is 2.01. The number of nitrogens with one attached hydrogen (secondary N) is 1. The number of carbonyl (C=O) groups excluding carboxylic acids is 1. The lowest BCUT2D eigenvalue weighted by molar-refractivity contribution is 0.0954. The standard InChI is InChI=1S/C15H18N2O2/c1-19-13-6-4-11(5-7-13)15(18)17-16-14-9-10-2-3-12(14)8-10/h4-7,10,12H,2-3,8-9H2,1H3,(H,17,18)/b16-14-. The highest BCUT2D eigenvalue weighted by molar-refractivity contribution is 5.96. The van der Waals surface area contributed by atoms with Crippen LogP contribution in [-0.2, 0) is 0 Å². The Hall–Kier alpha value is -1.84. The average Bonchev–Trinajstić information content (AvgIpc) is 3.07. The molecule has 2 aliphatic carbocycles. The Morgan fingerprint density at radius 3 is 2.68 bits per heavy atom. The number of amides is 1. The van der Waals surface area contributed by atoms with Crippen molar-refractivity contribution in [2.75, 3.05) is 7.11 Å². The van der Waals surface area contributed by atoms with E-state index in [1.54, 1.807) is 31.4 Å². The van der Waals surface area contributed by atoms with Crippen molar-refractivity contribution in [1.29, 1.82) is 0 Å². The lowest BCUT2D eigenvalue weighted by Crippen LogP contribution is -2.21. The van der Waals surface area contributed by atoms with Crippen LogP contribution in [0.3, 0.4) is 0 Å². The van der Waals surface area contributed by atoms with Crippen LogP contribution in [0.25, 0.3) is 0 Å². The molecule has 0 aliphatic heterocycles. The molecule has 100 valence electrons. The van der Waals surface area contributed by atoms with E-state index in [2.05, 4.69) is 10.5 Å². The summed E-state index contributed by atoms with van der Waals surface area (Å²) >= 11 is 0. The highest BCUT2D eigenvalue weighted by Crippen LogP contribution is 2.42. The van der Waals surface area contributed by atoms with Crippen molar-refractivity contribution in [1.82, 2.24) is 5.43 Å². The molecule has 2 aliphatic rings. The lowest BCUT2D eigenvalue weighted by atomic mass is 9.99. The summed E-state index contributed by atoms with van der Waals surface area (Å²) in [5, 5.41) is 4.31. The molecule has 3 rings (SSSR count). The Balaban J connectivity index is 1.63. The molecule has 0 radical (unpaired) electrons. The SMILES string of the molecule is COc1ccc(C(=O)N/N=C2/CC3CCC2C3)cc1. The summed E-state index contributed by atoms with van der Waals surface area (Å²) in [4.78, 5) is 11.9. The van der Waals surface area contributed by atoms with Gasteiger partial charge in [-0.15, -0.1) is 0 Å². The van der Waals surface area contributed by atoms with Crippen molar-refractivity contribution >= 4 is 11.6 Å². The van der Waals surface area contributed by atoms with Gasteiger partial charge in [0.05, 0.1) is 7.11 Å². The molecule has 1 aromatic carbocycles. The molecular formula is C15H18N2O2. The summed E-state index contributed by atoms with van der Waals surface area (Å²) in [6, 6.07) is 7.05. The average molecular weight is 258 g/mol. The van der Waals surface area contributed by atoms with Crippen LogP contribution in [0.2, 0.25) is 0 Å². The van der Waals surface area contributed by atoms with Gasteiger partial charge in [0, 0.05) is 11.3 Å². The van der Waals surface area contributed by atoms with Crippen molar-refractivity contribution in [3.8, 4) is 5.75 Å². The first kappa shape index (κ1) is 12.2.